The van der Waals surface area contributed by atoms with E-state index in [1.54, 1.807) is 0 Å². The fourth-order valence-corrected chi connectivity index (χ4v) is 2.67. The van der Waals surface area contributed by atoms with Crippen LogP contribution in [0.5, 0.6) is 0 Å². The van der Waals surface area contributed by atoms with Crippen molar-refractivity contribution < 1.29 is 9.36 Å². The molecule has 0 aromatic carbocycles. The first-order valence-corrected chi connectivity index (χ1v) is 5.93. The van der Waals surface area contributed by atoms with Gasteiger partial charge in [0.05, 0.1) is 13.3 Å². The Morgan fingerprint density at radius 1 is 1.40 bits per heavy atom. The molecule has 60 valence electrons. The maximum absolute atomic E-state index is 11.5. The van der Waals surface area contributed by atoms with Crippen molar-refractivity contribution in [3.63, 3.8) is 0 Å². The van der Waals surface area contributed by atoms with Gasteiger partial charge in [-0.3, -0.25) is 4.79 Å². The van der Waals surface area contributed by atoms with E-state index in [-0.39, 0.29) is 6.16 Å². The van der Waals surface area contributed by atoms with Gasteiger partial charge in [-0.25, -0.2) is 0 Å². The quantitative estimate of drug-likeness (QED) is 0.493. The zero-order valence-electron chi connectivity index (χ0n) is 6.26. The first-order chi connectivity index (χ1) is 4.54. The van der Waals surface area contributed by atoms with Gasteiger partial charge in [-0.05, 0) is 23.9 Å². The summed E-state index contributed by atoms with van der Waals surface area (Å²) >= 11 is 5.11. The fraction of sp³-hybridized carbons (Fsp3) is 0.833. The van der Waals surface area contributed by atoms with E-state index in [4.69, 9.17) is 11.6 Å². The Bertz CT molecular complexity index is 159. The number of carbonyl (C=O) groups excluding carboxylic acids is 1. The van der Waals surface area contributed by atoms with Gasteiger partial charge in [0.1, 0.15) is 0 Å². The zero-order chi connectivity index (χ0) is 8.20. The molecule has 0 rings (SSSR count). The number of rotatable bonds is 4. The molecule has 0 amide bonds. The second-order valence-corrected chi connectivity index (χ2v) is 6.32. The minimum Gasteiger partial charge on any atom is -0.323 e. The first kappa shape index (κ1) is 10.2. The van der Waals surface area contributed by atoms with Crippen molar-refractivity contribution in [1.82, 2.24) is 0 Å². The standard InChI is InChI=1S/C6H12ClO2P/c1-3-10(9,4-2)5-6(7)8/h3-5H2,1-2H3. The molecular formula is C6H12ClO2P. The van der Waals surface area contributed by atoms with Crippen LogP contribution < -0.4 is 0 Å². The molecule has 0 bridgehead atoms. The van der Waals surface area contributed by atoms with E-state index in [0.29, 0.717) is 12.3 Å². The van der Waals surface area contributed by atoms with Crippen LogP contribution in [0.4, 0.5) is 0 Å². The van der Waals surface area contributed by atoms with Crippen LogP contribution in [0.15, 0.2) is 0 Å². The Balaban J connectivity index is 4.07. The summed E-state index contributed by atoms with van der Waals surface area (Å²) in [4.78, 5) is 10.4. The van der Waals surface area contributed by atoms with Crippen molar-refractivity contribution in [2.75, 3.05) is 18.5 Å². The van der Waals surface area contributed by atoms with E-state index in [9.17, 15) is 9.36 Å². The zero-order valence-corrected chi connectivity index (χ0v) is 7.91. The smallest absolute Gasteiger partial charge is 0.228 e. The van der Waals surface area contributed by atoms with Crippen molar-refractivity contribution in [3.05, 3.63) is 0 Å². The highest BCUT2D eigenvalue weighted by molar-refractivity contribution is 7.65. The van der Waals surface area contributed by atoms with Crippen molar-refractivity contribution in [3.8, 4) is 0 Å². The summed E-state index contributed by atoms with van der Waals surface area (Å²) in [6.45, 7) is 3.65. The summed E-state index contributed by atoms with van der Waals surface area (Å²) < 4.78 is 11.5. The summed E-state index contributed by atoms with van der Waals surface area (Å²) in [5, 5.41) is -0.480. The topological polar surface area (TPSA) is 34.1 Å². The maximum atomic E-state index is 11.5. The molecule has 0 spiro atoms. The predicted octanol–water partition coefficient (Wildman–Crippen LogP) is 2.15. The molecule has 0 atom stereocenters. The molecule has 0 heterocycles. The molecule has 0 saturated heterocycles. The van der Waals surface area contributed by atoms with Crippen molar-refractivity contribution in [2.24, 2.45) is 0 Å². The molecule has 4 heteroatoms. The van der Waals surface area contributed by atoms with Crippen LogP contribution in [-0.4, -0.2) is 23.7 Å². The lowest BCUT2D eigenvalue weighted by Gasteiger charge is -2.09. The van der Waals surface area contributed by atoms with Gasteiger partial charge < -0.3 is 4.57 Å². The number of hydrogen-bond donors (Lipinski definition) is 0. The largest absolute Gasteiger partial charge is 0.323 e. The van der Waals surface area contributed by atoms with Crippen LogP contribution >= 0.6 is 18.7 Å². The number of halogens is 1. The summed E-state index contributed by atoms with van der Waals surface area (Å²) in [5.74, 6) is 0. The fourth-order valence-electron chi connectivity index (χ4n) is 0.674. The van der Waals surface area contributed by atoms with Crippen LogP contribution in [0.3, 0.4) is 0 Å². The van der Waals surface area contributed by atoms with E-state index in [1.807, 2.05) is 13.8 Å². The van der Waals surface area contributed by atoms with E-state index in [2.05, 4.69) is 0 Å². The Morgan fingerprint density at radius 2 is 1.80 bits per heavy atom. The number of carbonyl (C=O) groups is 1. The van der Waals surface area contributed by atoms with E-state index >= 15 is 0 Å². The normalized spacial score (nSPS) is 11.5. The minimum absolute atomic E-state index is 0.0571. The van der Waals surface area contributed by atoms with Crippen LogP contribution in [0.2, 0.25) is 0 Å². The monoisotopic (exact) mass is 182 g/mol. The molecule has 0 fully saturated rings. The highest BCUT2D eigenvalue weighted by Gasteiger charge is 2.19. The average Bonchev–Trinajstić information content (AvgIpc) is 1.87. The van der Waals surface area contributed by atoms with Crippen molar-refractivity contribution in [2.45, 2.75) is 13.8 Å². The predicted molar refractivity (Wildman–Crippen MR) is 44.4 cm³/mol. The van der Waals surface area contributed by atoms with Gasteiger partial charge in [0.2, 0.25) is 5.24 Å². The van der Waals surface area contributed by atoms with Crippen LogP contribution in [0.25, 0.3) is 0 Å². The molecule has 0 aliphatic carbocycles. The highest BCUT2D eigenvalue weighted by Crippen LogP contribution is 2.44. The second-order valence-electron chi connectivity index (χ2n) is 2.20. The van der Waals surface area contributed by atoms with Gasteiger partial charge in [-0.1, -0.05) is 13.8 Å². The van der Waals surface area contributed by atoms with Crippen molar-refractivity contribution in [1.29, 1.82) is 0 Å². The van der Waals surface area contributed by atoms with E-state index in [1.165, 1.54) is 0 Å². The van der Waals surface area contributed by atoms with Crippen LogP contribution in [0, 0.1) is 0 Å². The SMILES string of the molecule is CCP(=O)(CC)CC(=O)Cl. The Hall–Kier alpha value is 0.190. The molecule has 0 radical (unpaired) electrons. The third-order valence-electron chi connectivity index (χ3n) is 1.57. The van der Waals surface area contributed by atoms with Crippen LogP contribution in [0.1, 0.15) is 13.8 Å². The molecule has 0 saturated carbocycles. The molecule has 10 heavy (non-hydrogen) atoms. The molecule has 0 N–H and O–H groups in total. The highest BCUT2D eigenvalue weighted by atomic mass is 35.5. The summed E-state index contributed by atoms with van der Waals surface area (Å²) in [7, 11) is -2.22. The van der Waals surface area contributed by atoms with Gasteiger partial charge in [0.15, 0.2) is 0 Å². The van der Waals surface area contributed by atoms with Gasteiger partial charge >= 0.3 is 0 Å². The third-order valence-corrected chi connectivity index (χ3v) is 5.05. The lowest BCUT2D eigenvalue weighted by Crippen LogP contribution is -2.01. The van der Waals surface area contributed by atoms with Gasteiger partial charge in [0.25, 0.3) is 0 Å². The van der Waals surface area contributed by atoms with E-state index in [0.717, 1.165) is 0 Å². The Labute approximate surface area is 66.3 Å². The minimum atomic E-state index is -2.22. The number of hydrogen-bond acceptors (Lipinski definition) is 2. The van der Waals surface area contributed by atoms with E-state index < -0.39 is 12.4 Å². The molecule has 0 aliphatic rings. The molecule has 2 nitrogen and oxygen atoms in total. The summed E-state index contributed by atoms with van der Waals surface area (Å²) in [5.41, 5.74) is 0. The summed E-state index contributed by atoms with van der Waals surface area (Å²) in [6, 6.07) is 0. The molecule has 0 aromatic rings. The second kappa shape index (κ2) is 4.15. The van der Waals surface area contributed by atoms with Gasteiger partial charge in [-0.15, -0.1) is 0 Å². The Kier molecular flexibility index (Phi) is 4.23. The summed E-state index contributed by atoms with van der Waals surface area (Å²) in [6.07, 6.45) is 1.20. The van der Waals surface area contributed by atoms with Gasteiger partial charge in [-0.2, -0.15) is 0 Å². The third kappa shape index (κ3) is 3.38. The maximum Gasteiger partial charge on any atom is 0.228 e. The molecule has 0 unspecified atom stereocenters. The molecule has 0 aromatic heterocycles. The first-order valence-electron chi connectivity index (χ1n) is 3.29. The Morgan fingerprint density at radius 3 is 1.90 bits per heavy atom. The lowest BCUT2D eigenvalue weighted by atomic mass is 10.9. The average molecular weight is 183 g/mol. The molecule has 0 aliphatic heterocycles. The lowest BCUT2D eigenvalue weighted by molar-refractivity contribution is -0.109. The molecular weight excluding hydrogens is 170 g/mol. The van der Waals surface area contributed by atoms with Crippen LogP contribution in [-0.2, 0) is 9.36 Å². The van der Waals surface area contributed by atoms with Gasteiger partial charge in [0, 0.05) is 0 Å². The van der Waals surface area contributed by atoms with Crippen molar-refractivity contribution >= 4 is 24.0 Å².